The van der Waals surface area contributed by atoms with E-state index < -0.39 is 17.8 Å². The summed E-state index contributed by atoms with van der Waals surface area (Å²) in [5.74, 6) is -1.41. The Hall–Kier alpha value is -4.26. The fourth-order valence-corrected chi connectivity index (χ4v) is 3.29. The van der Waals surface area contributed by atoms with Gasteiger partial charge in [0, 0.05) is 5.56 Å². The Balaban J connectivity index is 1.63. The van der Waals surface area contributed by atoms with Crippen molar-refractivity contribution in [1.29, 1.82) is 0 Å². The lowest BCUT2D eigenvalue weighted by Gasteiger charge is -2.26. The monoisotopic (exact) mass is 430 g/mol. The predicted molar refractivity (Wildman–Crippen MR) is 117 cm³/mol. The molecule has 160 valence electrons. The van der Waals surface area contributed by atoms with Gasteiger partial charge in [0.25, 0.3) is 11.8 Å². The van der Waals surface area contributed by atoms with E-state index in [1.165, 1.54) is 18.2 Å². The van der Waals surface area contributed by atoms with E-state index in [4.69, 9.17) is 4.74 Å². The highest BCUT2D eigenvalue weighted by atomic mass is 19.1. The summed E-state index contributed by atoms with van der Waals surface area (Å²) in [5.41, 5.74) is 2.30. The number of urea groups is 1. The number of nitrogens with one attached hydrogen (secondary N) is 1. The lowest BCUT2D eigenvalue weighted by atomic mass is 10.1. The number of aryl methyl sites for hydroxylation is 1. The summed E-state index contributed by atoms with van der Waals surface area (Å²) >= 11 is 0. The lowest BCUT2D eigenvalue weighted by Crippen LogP contribution is -2.54. The van der Waals surface area contributed by atoms with Crippen molar-refractivity contribution in [2.45, 2.75) is 13.5 Å². The van der Waals surface area contributed by atoms with Crippen LogP contribution in [-0.4, -0.2) is 17.8 Å². The Morgan fingerprint density at radius 2 is 1.72 bits per heavy atom. The van der Waals surface area contributed by atoms with Crippen molar-refractivity contribution in [3.8, 4) is 5.75 Å². The highest BCUT2D eigenvalue weighted by Gasteiger charge is 2.37. The van der Waals surface area contributed by atoms with Crippen LogP contribution in [0.3, 0.4) is 0 Å². The minimum atomic E-state index is -0.802. The van der Waals surface area contributed by atoms with Gasteiger partial charge in [0.15, 0.2) is 0 Å². The minimum Gasteiger partial charge on any atom is -0.488 e. The Labute approximate surface area is 183 Å². The maximum atomic E-state index is 13.1. The van der Waals surface area contributed by atoms with Crippen LogP contribution in [0.25, 0.3) is 6.08 Å². The molecule has 1 fully saturated rings. The fourth-order valence-electron chi connectivity index (χ4n) is 3.29. The zero-order chi connectivity index (χ0) is 22.7. The van der Waals surface area contributed by atoms with Crippen LogP contribution in [0.5, 0.6) is 5.75 Å². The Morgan fingerprint density at radius 1 is 0.969 bits per heavy atom. The van der Waals surface area contributed by atoms with Crippen molar-refractivity contribution in [2.75, 3.05) is 4.90 Å². The standard InChI is InChI=1S/C25H19FN2O4/c1-16-5-4-7-20(13-16)28-24(30)21(23(29)27-25(28)31)14-18-6-2-3-8-22(18)32-15-17-9-11-19(26)12-10-17/h2-14H,15H2,1H3,(H,27,29,31)/b21-14+. The van der Waals surface area contributed by atoms with Gasteiger partial charge in [0.05, 0.1) is 5.69 Å². The third kappa shape index (κ3) is 4.41. The second-order valence-electron chi connectivity index (χ2n) is 7.25. The molecule has 0 saturated carbocycles. The number of rotatable bonds is 5. The van der Waals surface area contributed by atoms with Gasteiger partial charge in [0.1, 0.15) is 23.7 Å². The molecule has 4 amide bonds. The van der Waals surface area contributed by atoms with E-state index in [-0.39, 0.29) is 18.0 Å². The summed E-state index contributed by atoms with van der Waals surface area (Å²) in [4.78, 5) is 38.8. The maximum Gasteiger partial charge on any atom is 0.335 e. The molecule has 0 aromatic heterocycles. The maximum absolute atomic E-state index is 13.1. The van der Waals surface area contributed by atoms with Crippen molar-refractivity contribution in [2.24, 2.45) is 0 Å². The average Bonchev–Trinajstić information content (AvgIpc) is 2.77. The van der Waals surface area contributed by atoms with Crippen LogP contribution >= 0.6 is 0 Å². The zero-order valence-electron chi connectivity index (χ0n) is 17.2. The van der Waals surface area contributed by atoms with Crippen LogP contribution in [0.15, 0.2) is 78.4 Å². The van der Waals surface area contributed by atoms with Crippen molar-refractivity contribution in [3.63, 3.8) is 0 Å². The number of halogens is 1. The van der Waals surface area contributed by atoms with Gasteiger partial charge in [-0.2, -0.15) is 0 Å². The molecule has 0 unspecified atom stereocenters. The molecule has 4 rings (SSSR count). The van der Waals surface area contributed by atoms with Gasteiger partial charge >= 0.3 is 6.03 Å². The molecule has 1 aliphatic heterocycles. The number of ether oxygens (including phenoxy) is 1. The molecule has 32 heavy (non-hydrogen) atoms. The van der Waals surface area contributed by atoms with E-state index in [1.54, 1.807) is 54.6 Å². The molecule has 0 radical (unpaired) electrons. The van der Waals surface area contributed by atoms with E-state index >= 15 is 0 Å². The van der Waals surface area contributed by atoms with Gasteiger partial charge in [-0.1, -0.05) is 42.5 Å². The van der Waals surface area contributed by atoms with Crippen LogP contribution in [0.1, 0.15) is 16.7 Å². The van der Waals surface area contributed by atoms with Gasteiger partial charge in [-0.3, -0.25) is 14.9 Å². The van der Waals surface area contributed by atoms with Crippen LogP contribution in [0, 0.1) is 12.7 Å². The number of benzene rings is 3. The van der Waals surface area contributed by atoms with E-state index in [0.29, 0.717) is 17.0 Å². The van der Waals surface area contributed by atoms with Crippen molar-refractivity contribution in [3.05, 3.63) is 101 Å². The normalized spacial score (nSPS) is 15.1. The minimum absolute atomic E-state index is 0.175. The second-order valence-corrected chi connectivity index (χ2v) is 7.25. The van der Waals surface area contributed by atoms with Gasteiger partial charge in [-0.15, -0.1) is 0 Å². The first-order valence-corrected chi connectivity index (χ1v) is 9.87. The number of carbonyl (C=O) groups is 3. The van der Waals surface area contributed by atoms with E-state index in [0.717, 1.165) is 16.0 Å². The van der Waals surface area contributed by atoms with Crippen LogP contribution < -0.4 is 15.0 Å². The number of para-hydroxylation sites is 1. The topological polar surface area (TPSA) is 75.7 Å². The summed E-state index contributed by atoms with van der Waals surface area (Å²) in [5, 5.41) is 2.21. The smallest absolute Gasteiger partial charge is 0.335 e. The number of imide groups is 2. The Morgan fingerprint density at radius 3 is 2.47 bits per heavy atom. The molecule has 0 spiro atoms. The first kappa shape index (κ1) is 21.0. The Bertz CT molecular complexity index is 1230. The van der Waals surface area contributed by atoms with Crippen LogP contribution in [-0.2, 0) is 16.2 Å². The summed E-state index contributed by atoms with van der Waals surface area (Å²) in [6.07, 6.45) is 1.40. The van der Waals surface area contributed by atoms with E-state index in [1.807, 2.05) is 13.0 Å². The Kier molecular flexibility index (Phi) is 5.81. The van der Waals surface area contributed by atoms with Crippen molar-refractivity contribution < 1.29 is 23.5 Å². The number of amides is 4. The molecule has 3 aromatic carbocycles. The molecule has 6 nitrogen and oxygen atoms in total. The fraction of sp³-hybridized carbons (Fsp3) is 0.0800. The molecule has 1 heterocycles. The summed E-state index contributed by atoms with van der Waals surface area (Å²) in [7, 11) is 0. The summed E-state index contributed by atoms with van der Waals surface area (Å²) in [6.45, 7) is 2.01. The van der Waals surface area contributed by atoms with Gasteiger partial charge in [-0.25, -0.2) is 14.1 Å². The molecule has 0 aliphatic carbocycles. The quantitative estimate of drug-likeness (QED) is 0.482. The van der Waals surface area contributed by atoms with E-state index in [2.05, 4.69) is 5.32 Å². The summed E-state index contributed by atoms with van der Waals surface area (Å²) in [6, 6.07) is 18.9. The third-order valence-corrected chi connectivity index (χ3v) is 4.89. The highest BCUT2D eigenvalue weighted by molar-refractivity contribution is 6.39. The van der Waals surface area contributed by atoms with Gasteiger partial charge in [-0.05, 0) is 54.5 Å². The lowest BCUT2D eigenvalue weighted by molar-refractivity contribution is -0.122. The largest absolute Gasteiger partial charge is 0.488 e. The molecule has 3 aromatic rings. The zero-order valence-corrected chi connectivity index (χ0v) is 17.2. The summed E-state index contributed by atoms with van der Waals surface area (Å²) < 4.78 is 18.9. The van der Waals surface area contributed by atoms with Crippen molar-refractivity contribution in [1.82, 2.24) is 5.32 Å². The molecule has 1 aliphatic rings. The molecule has 7 heteroatoms. The van der Waals surface area contributed by atoms with E-state index in [9.17, 15) is 18.8 Å². The number of nitrogens with zero attached hydrogens (tertiary/aromatic N) is 1. The van der Waals surface area contributed by atoms with Crippen LogP contribution in [0.4, 0.5) is 14.9 Å². The highest BCUT2D eigenvalue weighted by Crippen LogP contribution is 2.26. The molecular formula is C25H19FN2O4. The molecule has 1 N–H and O–H groups in total. The second kappa shape index (κ2) is 8.85. The first-order chi connectivity index (χ1) is 15.4. The average molecular weight is 430 g/mol. The SMILES string of the molecule is Cc1cccc(N2C(=O)NC(=O)/C(=C\c3ccccc3OCc3ccc(F)cc3)C2=O)c1. The number of hydrogen-bond acceptors (Lipinski definition) is 4. The molecule has 1 saturated heterocycles. The van der Waals surface area contributed by atoms with Crippen LogP contribution in [0.2, 0.25) is 0 Å². The predicted octanol–water partition coefficient (Wildman–Crippen LogP) is 4.38. The first-order valence-electron chi connectivity index (χ1n) is 9.87. The molecular weight excluding hydrogens is 411 g/mol. The van der Waals surface area contributed by atoms with Crippen molar-refractivity contribution >= 4 is 29.6 Å². The number of barbiturate groups is 1. The molecule has 0 atom stereocenters. The van der Waals surface area contributed by atoms with Gasteiger partial charge < -0.3 is 4.74 Å². The number of carbonyl (C=O) groups excluding carboxylic acids is 3. The number of hydrogen-bond donors (Lipinski definition) is 1. The number of anilines is 1. The van der Waals surface area contributed by atoms with Gasteiger partial charge in [0.2, 0.25) is 0 Å². The third-order valence-electron chi connectivity index (χ3n) is 4.89. The molecule has 0 bridgehead atoms.